The highest BCUT2D eigenvalue weighted by Crippen LogP contribution is 2.19. The molecule has 2 atom stereocenters. The van der Waals surface area contributed by atoms with Gasteiger partial charge in [-0.25, -0.2) is 0 Å². The van der Waals surface area contributed by atoms with Gasteiger partial charge in [0.25, 0.3) is 0 Å². The van der Waals surface area contributed by atoms with E-state index in [1.54, 1.807) is 6.08 Å². The molecule has 0 spiro atoms. The van der Waals surface area contributed by atoms with Crippen LogP contribution in [0.1, 0.15) is 412 Å². The third kappa shape index (κ3) is 63.8. The van der Waals surface area contributed by atoms with Crippen LogP contribution in [0.25, 0.3) is 0 Å². The summed E-state index contributed by atoms with van der Waals surface area (Å²) in [6.07, 6.45) is 84.4. The Morgan fingerprint density at radius 3 is 0.872 bits per heavy atom. The van der Waals surface area contributed by atoms with E-state index in [0.29, 0.717) is 19.4 Å². The number of aliphatic hydroxyl groups is 2. The quantitative estimate of drug-likeness (QED) is 0.0320. The maximum atomic E-state index is 12.5. The predicted octanol–water partition coefficient (Wildman–Crippen LogP) is 23.1. The molecule has 6 nitrogen and oxygen atoms in total. The molecule has 0 aromatic carbocycles. The molecule has 0 saturated carbocycles. The van der Waals surface area contributed by atoms with Gasteiger partial charge in [0.05, 0.1) is 25.4 Å². The number of hydrogen-bond donors (Lipinski definition) is 3. The minimum atomic E-state index is -0.842. The van der Waals surface area contributed by atoms with Crippen molar-refractivity contribution in [3.63, 3.8) is 0 Å². The lowest BCUT2D eigenvalue weighted by Gasteiger charge is -2.20. The molecule has 0 aliphatic rings. The molecule has 464 valence electrons. The van der Waals surface area contributed by atoms with E-state index in [0.717, 1.165) is 38.5 Å². The van der Waals surface area contributed by atoms with Gasteiger partial charge in [-0.2, -0.15) is 0 Å². The van der Waals surface area contributed by atoms with Crippen molar-refractivity contribution in [1.29, 1.82) is 0 Å². The van der Waals surface area contributed by atoms with Gasteiger partial charge < -0.3 is 20.3 Å². The lowest BCUT2D eigenvalue weighted by atomic mass is 10.0. The lowest BCUT2D eigenvalue weighted by molar-refractivity contribution is -0.143. The standard InChI is InChI=1S/C72H141NO5/c1-3-5-7-9-11-13-15-17-18-19-20-29-32-35-38-41-44-48-52-56-60-64-70(75)69(68-74)73-71(76)65-61-57-53-49-45-42-39-36-33-30-27-25-23-21-22-24-26-28-31-34-37-40-43-47-51-55-59-63-67-78-72(77)66-62-58-54-50-46-16-14-12-10-8-6-4-2/h60,64,69-70,74-75H,3-59,61-63,65-68H2,1-2H3,(H,73,76)/b64-60+. The first-order valence-corrected chi connectivity index (χ1v) is 36.0. The zero-order valence-electron chi connectivity index (χ0n) is 53.2. The van der Waals surface area contributed by atoms with E-state index in [4.69, 9.17) is 4.74 Å². The summed E-state index contributed by atoms with van der Waals surface area (Å²) in [5.74, 6) is -0.0400. The smallest absolute Gasteiger partial charge is 0.305 e. The number of nitrogens with one attached hydrogen (secondary N) is 1. The average molecular weight is 1100 g/mol. The van der Waals surface area contributed by atoms with Gasteiger partial charge in [0.15, 0.2) is 0 Å². The van der Waals surface area contributed by atoms with E-state index in [2.05, 4.69) is 19.2 Å². The molecule has 78 heavy (non-hydrogen) atoms. The van der Waals surface area contributed by atoms with Crippen LogP contribution in [0, 0.1) is 0 Å². The van der Waals surface area contributed by atoms with Gasteiger partial charge in [0.1, 0.15) is 0 Å². The maximum Gasteiger partial charge on any atom is 0.305 e. The fourth-order valence-electron chi connectivity index (χ4n) is 11.6. The topological polar surface area (TPSA) is 95.9 Å². The monoisotopic (exact) mass is 1100 g/mol. The molecule has 0 radical (unpaired) electrons. The normalized spacial score (nSPS) is 12.5. The second-order valence-electron chi connectivity index (χ2n) is 24.9. The molecule has 0 aromatic heterocycles. The number of aliphatic hydroxyl groups excluding tert-OH is 2. The van der Waals surface area contributed by atoms with Crippen LogP contribution in [0.5, 0.6) is 0 Å². The zero-order chi connectivity index (χ0) is 56.4. The summed E-state index contributed by atoms with van der Waals surface area (Å²) in [4.78, 5) is 24.6. The minimum Gasteiger partial charge on any atom is -0.466 e. The first-order chi connectivity index (χ1) is 38.5. The van der Waals surface area contributed by atoms with Gasteiger partial charge in [-0.15, -0.1) is 0 Å². The highest BCUT2D eigenvalue weighted by atomic mass is 16.5. The summed E-state index contributed by atoms with van der Waals surface area (Å²) in [6, 6.07) is -0.626. The number of carbonyl (C=O) groups excluding carboxylic acids is 2. The fraction of sp³-hybridized carbons (Fsp3) is 0.944. The molecule has 6 heteroatoms. The summed E-state index contributed by atoms with van der Waals surface area (Å²) in [7, 11) is 0. The highest BCUT2D eigenvalue weighted by Gasteiger charge is 2.18. The average Bonchev–Trinajstić information content (AvgIpc) is 3.44. The Labute approximate surface area is 489 Å². The molecular weight excluding hydrogens is 959 g/mol. The maximum absolute atomic E-state index is 12.5. The van der Waals surface area contributed by atoms with E-state index >= 15 is 0 Å². The van der Waals surface area contributed by atoms with Gasteiger partial charge in [-0.3, -0.25) is 9.59 Å². The van der Waals surface area contributed by atoms with Gasteiger partial charge in [-0.1, -0.05) is 379 Å². The predicted molar refractivity (Wildman–Crippen MR) is 343 cm³/mol. The summed E-state index contributed by atoms with van der Waals surface area (Å²) >= 11 is 0. The first-order valence-electron chi connectivity index (χ1n) is 36.0. The minimum absolute atomic E-state index is 0.0201. The molecule has 1 amide bonds. The van der Waals surface area contributed by atoms with Crippen LogP contribution in [0.2, 0.25) is 0 Å². The van der Waals surface area contributed by atoms with Crippen LogP contribution in [0.3, 0.4) is 0 Å². The Hall–Kier alpha value is -1.40. The molecule has 2 unspecified atom stereocenters. The van der Waals surface area contributed by atoms with Gasteiger partial charge in [0.2, 0.25) is 5.91 Å². The summed E-state index contributed by atoms with van der Waals surface area (Å²) in [5, 5.41) is 23.3. The second-order valence-corrected chi connectivity index (χ2v) is 24.9. The Balaban J connectivity index is 3.37. The number of unbranched alkanes of at least 4 members (excludes halogenated alkanes) is 57. The molecule has 0 aromatic rings. The van der Waals surface area contributed by atoms with E-state index in [-0.39, 0.29) is 18.5 Å². The van der Waals surface area contributed by atoms with Crippen molar-refractivity contribution >= 4 is 11.9 Å². The van der Waals surface area contributed by atoms with Crippen molar-refractivity contribution in [2.75, 3.05) is 13.2 Å². The van der Waals surface area contributed by atoms with Crippen molar-refractivity contribution in [2.45, 2.75) is 424 Å². The van der Waals surface area contributed by atoms with Crippen LogP contribution in [-0.4, -0.2) is 47.4 Å². The third-order valence-electron chi connectivity index (χ3n) is 17.1. The van der Waals surface area contributed by atoms with Crippen molar-refractivity contribution in [1.82, 2.24) is 5.32 Å². The Kier molecular flexibility index (Phi) is 66.9. The summed E-state index contributed by atoms with van der Waals surface area (Å²) < 4.78 is 5.48. The number of hydrogen-bond acceptors (Lipinski definition) is 5. The number of allylic oxidation sites excluding steroid dienone is 1. The van der Waals surface area contributed by atoms with Gasteiger partial charge in [-0.05, 0) is 32.1 Å². The van der Waals surface area contributed by atoms with Crippen molar-refractivity contribution in [3.05, 3.63) is 12.2 Å². The Morgan fingerprint density at radius 2 is 0.590 bits per heavy atom. The SMILES string of the molecule is CCCCCCCCCCCCCCCCCCCCC/C=C/C(O)C(CO)NC(=O)CCCCCCCCCCCCCCCCCCCCCCCCCCCCCCOC(=O)CCCCCCCCCCCCCC. The largest absolute Gasteiger partial charge is 0.466 e. The molecule has 0 aliphatic heterocycles. The van der Waals surface area contributed by atoms with E-state index in [1.807, 2.05) is 6.08 Å². The number of amides is 1. The lowest BCUT2D eigenvalue weighted by Crippen LogP contribution is -2.45. The van der Waals surface area contributed by atoms with E-state index in [9.17, 15) is 19.8 Å². The van der Waals surface area contributed by atoms with Crippen molar-refractivity contribution < 1.29 is 24.5 Å². The number of rotatable bonds is 68. The summed E-state index contributed by atoms with van der Waals surface area (Å²) in [6.45, 7) is 4.95. The molecule has 0 bridgehead atoms. The Morgan fingerprint density at radius 1 is 0.346 bits per heavy atom. The molecule has 3 N–H and O–H groups in total. The van der Waals surface area contributed by atoms with Crippen LogP contribution in [0.15, 0.2) is 12.2 Å². The Bertz CT molecular complexity index is 1180. The third-order valence-corrected chi connectivity index (χ3v) is 17.1. The number of carbonyl (C=O) groups is 2. The van der Waals surface area contributed by atoms with Crippen molar-refractivity contribution in [2.24, 2.45) is 0 Å². The van der Waals surface area contributed by atoms with Crippen LogP contribution < -0.4 is 5.32 Å². The summed E-state index contributed by atoms with van der Waals surface area (Å²) in [5.41, 5.74) is 0. The second kappa shape index (κ2) is 68.1. The van der Waals surface area contributed by atoms with Crippen LogP contribution in [0.4, 0.5) is 0 Å². The van der Waals surface area contributed by atoms with Crippen molar-refractivity contribution in [3.8, 4) is 0 Å². The van der Waals surface area contributed by atoms with E-state index < -0.39 is 12.1 Å². The molecule has 0 fully saturated rings. The van der Waals surface area contributed by atoms with E-state index in [1.165, 1.54) is 347 Å². The molecule has 0 saturated heterocycles. The molecular formula is C72H141NO5. The number of ether oxygens (including phenoxy) is 1. The van der Waals surface area contributed by atoms with Gasteiger partial charge in [0, 0.05) is 12.8 Å². The fourth-order valence-corrected chi connectivity index (χ4v) is 11.6. The van der Waals surface area contributed by atoms with Crippen LogP contribution in [-0.2, 0) is 14.3 Å². The first kappa shape index (κ1) is 76.6. The van der Waals surface area contributed by atoms with Crippen LogP contribution >= 0.6 is 0 Å². The van der Waals surface area contributed by atoms with Gasteiger partial charge >= 0.3 is 5.97 Å². The molecule has 0 heterocycles. The zero-order valence-corrected chi connectivity index (χ0v) is 53.2. The highest BCUT2D eigenvalue weighted by molar-refractivity contribution is 5.76. The number of esters is 1. The molecule has 0 aliphatic carbocycles. The molecule has 0 rings (SSSR count).